The highest BCUT2D eigenvalue weighted by Crippen LogP contribution is 2.50. The van der Waals surface area contributed by atoms with Crippen molar-refractivity contribution in [2.45, 2.75) is 38.5 Å². The van der Waals surface area contributed by atoms with Gasteiger partial charge < -0.3 is 14.8 Å². The molecule has 0 unspecified atom stereocenters. The van der Waals surface area contributed by atoms with Gasteiger partial charge in [-0.1, -0.05) is 61.0 Å². The van der Waals surface area contributed by atoms with Crippen LogP contribution in [-0.4, -0.2) is 46.7 Å². The predicted molar refractivity (Wildman–Crippen MR) is 161 cm³/mol. The van der Waals surface area contributed by atoms with E-state index < -0.39 is 0 Å². The van der Waals surface area contributed by atoms with E-state index in [9.17, 15) is 9.59 Å². The average molecular weight is 569 g/mol. The third-order valence-corrected chi connectivity index (χ3v) is 8.69. The van der Waals surface area contributed by atoms with Crippen LogP contribution in [0.2, 0.25) is 0 Å². The van der Waals surface area contributed by atoms with E-state index in [1.807, 2.05) is 98.2 Å². The highest BCUT2D eigenvalue weighted by Gasteiger charge is 2.38. The monoisotopic (exact) mass is 568 g/mol. The molecular weight excluding hydrogens is 536 g/mol. The molecule has 210 valence electrons. The van der Waals surface area contributed by atoms with Gasteiger partial charge in [0.25, 0.3) is 0 Å². The summed E-state index contributed by atoms with van der Waals surface area (Å²) in [5, 5.41) is 7.92. The lowest BCUT2D eigenvalue weighted by Crippen LogP contribution is -2.44. The van der Waals surface area contributed by atoms with E-state index in [1.54, 1.807) is 4.90 Å². The zero-order valence-electron chi connectivity index (χ0n) is 23.3. The fourth-order valence-electron chi connectivity index (χ4n) is 5.10. The third kappa shape index (κ3) is 5.29. The second kappa shape index (κ2) is 11.3. The number of nitrogens with zero attached hydrogens (tertiary/aromatic N) is 3. The van der Waals surface area contributed by atoms with E-state index in [4.69, 9.17) is 14.6 Å². The molecule has 0 bridgehead atoms. The standard InChI is InChI=1S/C32H32N4O4S/c1-4-21(3)33-27(37)17-35-28(38)18-41-31(23-12-15-25-26(16-23)40-19-39-25)29-30(22-8-6-5-7-9-22)34-36(32(29)35)24-13-10-20(2)11-14-24/h5-16,21,31H,4,17-19H2,1-3H3,(H,33,37)/t21-,31-/m1/s1. The van der Waals surface area contributed by atoms with Crippen LogP contribution < -0.4 is 19.7 Å². The van der Waals surface area contributed by atoms with Gasteiger partial charge in [-0.25, -0.2) is 4.68 Å². The fourth-order valence-corrected chi connectivity index (χ4v) is 6.29. The SMILES string of the molecule is CC[C@@H](C)NC(=O)CN1C(=O)CS[C@H](c2ccc3c(c2)OCO3)c2c(-c3ccccc3)nn(-c3ccc(C)cc3)c21. The van der Waals surface area contributed by atoms with Crippen LogP contribution >= 0.6 is 11.8 Å². The van der Waals surface area contributed by atoms with Crippen molar-refractivity contribution in [2.24, 2.45) is 0 Å². The van der Waals surface area contributed by atoms with Gasteiger partial charge in [0.15, 0.2) is 11.5 Å². The number of ether oxygens (including phenoxy) is 2. The normalized spacial score (nSPS) is 16.7. The molecule has 0 saturated heterocycles. The molecule has 3 aromatic carbocycles. The van der Waals surface area contributed by atoms with Gasteiger partial charge in [0, 0.05) is 17.2 Å². The minimum atomic E-state index is -0.250. The molecule has 2 aliphatic heterocycles. The molecular formula is C32H32N4O4S. The Bertz CT molecular complexity index is 1590. The van der Waals surface area contributed by atoms with Crippen LogP contribution in [0.4, 0.5) is 5.82 Å². The number of benzene rings is 3. The zero-order chi connectivity index (χ0) is 28.5. The predicted octanol–water partition coefficient (Wildman–Crippen LogP) is 5.66. The number of aromatic nitrogens is 2. The lowest BCUT2D eigenvalue weighted by Gasteiger charge is -2.24. The number of nitrogens with one attached hydrogen (secondary N) is 1. The molecule has 0 saturated carbocycles. The summed E-state index contributed by atoms with van der Waals surface area (Å²) in [5.41, 5.74) is 5.47. The smallest absolute Gasteiger partial charge is 0.240 e. The highest BCUT2D eigenvalue weighted by molar-refractivity contribution is 8.00. The Morgan fingerprint density at radius 1 is 1.07 bits per heavy atom. The Labute approximate surface area is 243 Å². The number of hydrogen-bond donors (Lipinski definition) is 1. The van der Waals surface area contributed by atoms with E-state index in [2.05, 4.69) is 5.32 Å². The number of thioether (sulfide) groups is 1. The summed E-state index contributed by atoms with van der Waals surface area (Å²) >= 11 is 1.53. The van der Waals surface area contributed by atoms with Crippen molar-refractivity contribution in [3.05, 3.63) is 89.5 Å². The molecule has 2 amide bonds. The Hall–Kier alpha value is -4.24. The van der Waals surface area contributed by atoms with Crippen LogP contribution in [-0.2, 0) is 9.59 Å². The maximum Gasteiger partial charge on any atom is 0.240 e. The fraction of sp³-hybridized carbons (Fsp3) is 0.281. The molecule has 1 aromatic heterocycles. The second-order valence-electron chi connectivity index (χ2n) is 10.4. The quantitative estimate of drug-likeness (QED) is 0.310. The third-order valence-electron chi connectivity index (χ3n) is 7.44. The van der Waals surface area contributed by atoms with E-state index in [1.165, 1.54) is 11.8 Å². The molecule has 41 heavy (non-hydrogen) atoms. The van der Waals surface area contributed by atoms with Crippen LogP contribution in [0.25, 0.3) is 16.9 Å². The number of hydrogen-bond acceptors (Lipinski definition) is 6. The first kappa shape index (κ1) is 27.0. The summed E-state index contributed by atoms with van der Waals surface area (Å²) in [6.07, 6.45) is 0.798. The zero-order valence-corrected chi connectivity index (χ0v) is 24.1. The minimum absolute atomic E-state index is 0.00157. The number of carbonyl (C=O) groups is 2. The van der Waals surface area contributed by atoms with E-state index >= 15 is 0 Å². The molecule has 0 radical (unpaired) electrons. The van der Waals surface area contributed by atoms with Crippen LogP contribution in [0.5, 0.6) is 11.5 Å². The summed E-state index contributed by atoms with van der Waals surface area (Å²) in [7, 11) is 0. The summed E-state index contributed by atoms with van der Waals surface area (Å²) in [5.74, 6) is 1.83. The lowest BCUT2D eigenvalue weighted by molar-refractivity contribution is -0.123. The number of aryl methyl sites for hydroxylation is 1. The van der Waals surface area contributed by atoms with Gasteiger partial charge in [-0.2, -0.15) is 5.10 Å². The highest BCUT2D eigenvalue weighted by atomic mass is 32.2. The van der Waals surface area contributed by atoms with Crippen molar-refractivity contribution in [2.75, 3.05) is 24.0 Å². The average Bonchev–Trinajstić information content (AvgIpc) is 3.58. The van der Waals surface area contributed by atoms with Gasteiger partial charge in [0.2, 0.25) is 18.6 Å². The van der Waals surface area contributed by atoms with Gasteiger partial charge >= 0.3 is 0 Å². The second-order valence-corrected chi connectivity index (χ2v) is 11.5. The Morgan fingerprint density at radius 2 is 1.83 bits per heavy atom. The molecule has 8 nitrogen and oxygen atoms in total. The van der Waals surface area contributed by atoms with Crippen LogP contribution in [0.3, 0.4) is 0 Å². The summed E-state index contributed by atoms with van der Waals surface area (Å²) in [4.78, 5) is 28.7. The van der Waals surface area contributed by atoms with E-state index in [-0.39, 0.29) is 42.2 Å². The summed E-state index contributed by atoms with van der Waals surface area (Å²) < 4.78 is 13.1. The van der Waals surface area contributed by atoms with Gasteiger partial charge in [-0.05, 0) is 50.1 Å². The maximum atomic E-state index is 13.9. The number of carbonyl (C=O) groups excluding carboxylic acids is 2. The molecule has 6 rings (SSSR count). The van der Waals surface area contributed by atoms with Crippen molar-refractivity contribution in [1.29, 1.82) is 0 Å². The van der Waals surface area contributed by atoms with Gasteiger partial charge in [0.05, 0.1) is 22.4 Å². The number of anilines is 1. The molecule has 2 aliphatic rings. The molecule has 1 N–H and O–H groups in total. The Kier molecular flexibility index (Phi) is 7.45. The van der Waals surface area contributed by atoms with Crippen molar-refractivity contribution in [3.63, 3.8) is 0 Å². The van der Waals surface area contributed by atoms with Gasteiger partial charge in [0.1, 0.15) is 12.4 Å². The van der Waals surface area contributed by atoms with E-state index in [0.29, 0.717) is 17.3 Å². The molecule has 4 aromatic rings. The number of amides is 2. The number of rotatable bonds is 7. The molecule has 0 fully saturated rings. The van der Waals surface area contributed by atoms with Gasteiger partial charge in [-0.3, -0.25) is 14.5 Å². The lowest BCUT2D eigenvalue weighted by atomic mass is 9.99. The summed E-state index contributed by atoms with van der Waals surface area (Å²) in [6, 6.07) is 23.9. The van der Waals surface area contributed by atoms with Crippen LogP contribution in [0.15, 0.2) is 72.8 Å². The molecule has 9 heteroatoms. The Balaban J connectivity index is 1.58. The molecule has 0 spiro atoms. The van der Waals surface area contributed by atoms with Crippen LogP contribution in [0, 0.1) is 6.92 Å². The first-order valence-electron chi connectivity index (χ1n) is 13.8. The van der Waals surface area contributed by atoms with E-state index in [0.717, 1.165) is 40.1 Å². The molecule has 2 atom stereocenters. The van der Waals surface area contributed by atoms with Crippen molar-refractivity contribution >= 4 is 29.4 Å². The van der Waals surface area contributed by atoms with Gasteiger partial charge in [-0.15, -0.1) is 11.8 Å². The largest absolute Gasteiger partial charge is 0.454 e. The van der Waals surface area contributed by atoms with Crippen molar-refractivity contribution in [1.82, 2.24) is 15.1 Å². The minimum Gasteiger partial charge on any atom is -0.454 e. The number of fused-ring (bicyclic) bond motifs is 2. The van der Waals surface area contributed by atoms with Crippen molar-refractivity contribution in [3.8, 4) is 28.4 Å². The van der Waals surface area contributed by atoms with Crippen LogP contribution in [0.1, 0.15) is 42.2 Å². The first-order chi connectivity index (χ1) is 19.9. The summed E-state index contributed by atoms with van der Waals surface area (Å²) in [6.45, 7) is 6.09. The Morgan fingerprint density at radius 3 is 2.59 bits per heavy atom. The van der Waals surface area contributed by atoms with Crippen molar-refractivity contribution < 1.29 is 19.1 Å². The molecule has 0 aliphatic carbocycles. The molecule has 3 heterocycles. The topological polar surface area (TPSA) is 85.7 Å². The first-order valence-corrected chi connectivity index (χ1v) is 14.8. The maximum absolute atomic E-state index is 13.9.